The molecule has 1 saturated carbocycles. The first-order chi connectivity index (χ1) is 9.78. The van der Waals surface area contributed by atoms with E-state index in [1.54, 1.807) is 11.8 Å². The number of aromatic nitrogens is 4. The molecule has 1 aromatic heterocycles. The van der Waals surface area contributed by atoms with E-state index < -0.39 is 0 Å². The number of nitrogens with zero attached hydrogens (tertiary/aromatic N) is 4. The van der Waals surface area contributed by atoms with E-state index in [0.29, 0.717) is 12.1 Å². The first-order valence-electron chi connectivity index (χ1n) is 7.07. The Labute approximate surface area is 123 Å². The van der Waals surface area contributed by atoms with Crippen molar-refractivity contribution in [3.63, 3.8) is 0 Å². The van der Waals surface area contributed by atoms with Crippen molar-refractivity contribution in [2.24, 2.45) is 0 Å². The lowest BCUT2D eigenvalue weighted by Crippen LogP contribution is -2.17. The van der Waals surface area contributed by atoms with Gasteiger partial charge in [-0.05, 0) is 66.2 Å². The standard InChI is InChI=1S/C14H19N5S/c1-3-15-10(2)11-4-8-13(9-5-11)20-14-16-17-18-19(14)12-6-7-12/h4-5,8-10,12,15H,3,6-7H2,1-2H3. The van der Waals surface area contributed by atoms with Crippen molar-refractivity contribution in [1.82, 2.24) is 25.5 Å². The van der Waals surface area contributed by atoms with Gasteiger partial charge in [-0.2, -0.15) is 0 Å². The molecular weight excluding hydrogens is 270 g/mol. The van der Waals surface area contributed by atoms with Gasteiger partial charge in [0.2, 0.25) is 5.16 Å². The second-order valence-electron chi connectivity index (χ2n) is 5.09. The van der Waals surface area contributed by atoms with Crippen molar-refractivity contribution in [3.05, 3.63) is 29.8 Å². The summed E-state index contributed by atoms with van der Waals surface area (Å²) in [6.07, 6.45) is 2.38. The van der Waals surface area contributed by atoms with Gasteiger partial charge in [0.1, 0.15) is 0 Å². The fourth-order valence-electron chi connectivity index (χ4n) is 2.15. The minimum Gasteiger partial charge on any atom is -0.310 e. The largest absolute Gasteiger partial charge is 0.310 e. The average Bonchev–Trinajstić information content (AvgIpc) is 3.20. The third-order valence-corrected chi connectivity index (χ3v) is 4.41. The smallest absolute Gasteiger partial charge is 0.214 e. The van der Waals surface area contributed by atoms with E-state index in [9.17, 15) is 0 Å². The molecule has 0 radical (unpaired) electrons. The summed E-state index contributed by atoms with van der Waals surface area (Å²) in [4.78, 5) is 1.18. The predicted molar refractivity (Wildman–Crippen MR) is 78.7 cm³/mol. The normalized spacial score (nSPS) is 16.3. The van der Waals surface area contributed by atoms with Crippen molar-refractivity contribution in [3.8, 4) is 0 Å². The summed E-state index contributed by atoms with van der Waals surface area (Å²) >= 11 is 1.63. The summed E-state index contributed by atoms with van der Waals surface area (Å²) in [6, 6.07) is 9.51. The lowest BCUT2D eigenvalue weighted by molar-refractivity contribution is 0.565. The zero-order valence-corrected chi connectivity index (χ0v) is 12.6. The van der Waals surface area contributed by atoms with Crippen LogP contribution in [0.15, 0.2) is 34.3 Å². The molecule has 2 aromatic rings. The zero-order chi connectivity index (χ0) is 13.9. The third kappa shape index (κ3) is 3.02. The van der Waals surface area contributed by atoms with Crippen LogP contribution < -0.4 is 5.32 Å². The summed E-state index contributed by atoms with van der Waals surface area (Å²) in [5.41, 5.74) is 1.30. The van der Waals surface area contributed by atoms with Crippen molar-refractivity contribution in [1.29, 1.82) is 0 Å². The van der Waals surface area contributed by atoms with Crippen LogP contribution in [0.1, 0.15) is 44.3 Å². The second-order valence-corrected chi connectivity index (χ2v) is 6.13. The Morgan fingerprint density at radius 2 is 2.10 bits per heavy atom. The Bertz CT molecular complexity index is 561. The fraction of sp³-hybridized carbons (Fsp3) is 0.500. The van der Waals surface area contributed by atoms with E-state index in [2.05, 4.69) is 59.0 Å². The molecule has 0 spiro atoms. The number of hydrogen-bond acceptors (Lipinski definition) is 5. The summed E-state index contributed by atoms with van der Waals surface area (Å²) < 4.78 is 1.94. The Hall–Kier alpha value is -1.40. The van der Waals surface area contributed by atoms with Crippen LogP contribution in [0, 0.1) is 0 Å². The van der Waals surface area contributed by atoms with Crippen LogP contribution in [0.2, 0.25) is 0 Å². The van der Waals surface area contributed by atoms with E-state index >= 15 is 0 Å². The van der Waals surface area contributed by atoms with Gasteiger partial charge < -0.3 is 5.32 Å². The molecule has 1 fully saturated rings. The van der Waals surface area contributed by atoms with Gasteiger partial charge in [0, 0.05) is 10.9 Å². The highest BCUT2D eigenvalue weighted by Crippen LogP contribution is 2.38. The molecule has 1 heterocycles. The van der Waals surface area contributed by atoms with Gasteiger partial charge in [-0.15, -0.1) is 5.10 Å². The molecule has 106 valence electrons. The van der Waals surface area contributed by atoms with Crippen molar-refractivity contribution >= 4 is 11.8 Å². The Balaban J connectivity index is 1.70. The number of nitrogens with one attached hydrogen (secondary N) is 1. The Morgan fingerprint density at radius 3 is 2.75 bits per heavy atom. The highest BCUT2D eigenvalue weighted by molar-refractivity contribution is 7.99. The monoisotopic (exact) mass is 289 g/mol. The molecule has 1 aliphatic rings. The van der Waals surface area contributed by atoms with Gasteiger partial charge in [0.05, 0.1) is 6.04 Å². The maximum Gasteiger partial charge on any atom is 0.214 e. The van der Waals surface area contributed by atoms with E-state index in [4.69, 9.17) is 0 Å². The summed E-state index contributed by atoms with van der Waals surface area (Å²) in [5.74, 6) is 0. The third-order valence-electron chi connectivity index (χ3n) is 3.45. The average molecular weight is 289 g/mol. The molecule has 3 rings (SSSR count). The molecule has 1 unspecified atom stereocenters. The molecule has 0 bridgehead atoms. The molecule has 0 saturated heterocycles. The molecule has 5 nitrogen and oxygen atoms in total. The SMILES string of the molecule is CCNC(C)c1ccc(Sc2nnnn2C2CC2)cc1. The molecule has 1 aliphatic carbocycles. The zero-order valence-electron chi connectivity index (χ0n) is 11.8. The summed E-state index contributed by atoms with van der Waals surface area (Å²) in [5, 5.41) is 16.3. The minimum atomic E-state index is 0.385. The summed E-state index contributed by atoms with van der Waals surface area (Å²) in [6.45, 7) is 5.28. The van der Waals surface area contributed by atoms with E-state index in [0.717, 1.165) is 11.7 Å². The Kier molecular flexibility index (Phi) is 4.03. The maximum atomic E-state index is 4.11. The lowest BCUT2D eigenvalue weighted by atomic mass is 10.1. The van der Waals surface area contributed by atoms with Crippen LogP contribution in [-0.2, 0) is 0 Å². The second kappa shape index (κ2) is 5.93. The fourth-order valence-corrected chi connectivity index (χ4v) is 2.99. The number of rotatable bonds is 6. The number of tetrazole rings is 1. The molecule has 1 aromatic carbocycles. The molecule has 20 heavy (non-hydrogen) atoms. The van der Waals surface area contributed by atoms with Gasteiger partial charge in [-0.3, -0.25) is 0 Å². The molecule has 6 heteroatoms. The molecule has 1 N–H and O–H groups in total. The lowest BCUT2D eigenvalue weighted by Gasteiger charge is -2.12. The Morgan fingerprint density at radius 1 is 1.35 bits per heavy atom. The predicted octanol–water partition coefficient (Wildman–Crippen LogP) is 2.83. The van der Waals surface area contributed by atoms with Gasteiger partial charge in [0.25, 0.3) is 0 Å². The highest BCUT2D eigenvalue weighted by atomic mass is 32.2. The number of hydrogen-bond donors (Lipinski definition) is 1. The number of benzene rings is 1. The van der Waals surface area contributed by atoms with Crippen LogP contribution in [0.3, 0.4) is 0 Å². The van der Waals surface area contributed by atoms with Gasteiger partial charge in [-0.1, -0.05) is 19.1 Å². The van der Waals surface area contributed by atoms with Crippen molar-refractivity contribution in [2.45, 2.75) is 48.8 Å². The summed E-state index contributed by atoms with van der Waals surface area (Å²) in [7, 11) is 0. The first-order valence-corrected chi connectivity index (χ1v) is 7.88. The van der Waals surface area contributed by atoms with E-state index in [1.165, 1.54) is 23.3 Å². The van der Waals surface area contributed by atoms with Gasteiger partial charge in [-0.25, -0.2) is 4.68 Å². The van der Waals surface area contributed by atoms with Crippen LogP contribution in [0.25, 0.3) is 0 Å². The van der Waals surface area contributed by atoms with E-state index in [1.807, 2.05) is 4.68 Å². The minimum absolute atomic E-state index is 0.385. The van der Waals surface area contributed by atoms with Gasteiger partial charge >= 0.3 is 0 Å². The molecule has 1 atom stereocenters. The van der Waals surface area contributed by atoms with Gasteiger partial charge in [0.15, 0.2) is 0 Å². The van der Waals surface area contributed by atoms with Crippen molar-refractivity contribution < 1.29 is 0 Å². The molecule has 0 amide bonds. The topological polar surface area (TPSA) is 55.6 Å². The van der Waals surface area contributed by atoms with Crippen LogP contribution in [0.4, 0.5) is 0 Å². The molecular formula is C14H19N5S. The van der Waals surface area contributed by atoms with Crippen LogP contribution in [0.5, 0.6) is 0 Å². The quantitative estimate of drug-likeness (QED) is 0.886. The maximum absolute atomic E-state index is 4.11. The first kappa shape index (κ1) is 13.6. The van der Waals surface area contributed by atoms with Crippen LogP contribution in [-0.4, -0.2) is 26.8 Å². The highest BCUT2D eigenvalue weighted by Gasteiger charge is 2.28. The van der Waals surface area contributed by atoms with E-state index in [-0.39, 0.29) is 0 Å². The van der Waals surface area contributed by atoms with Crippen LogP contribution >= 0.6 is 11.8 Å². The van der Waals surface area contributed by atoms with Crippen molar-refractivity contribution in [2.75, 3.05) is 6.54 Å². The molecule has 0 aliphatic heterocycles.